The van der Waals surface area contributed by atoms with E-state index in [4.69, 9.17) is 0 Å². The second-order valence-electron chi connectivity index (χ2n) is 7.56. The van der Waals surface area contributed by atoms with Crippen molar-refractivity contribution in [3.63, 3.8) is 0 Å². The summed E-state index contributed by atoms with van der Waals surface area (Å²) < 4.78 is 27.7. The van der Waals surface area contributed by atoms with Crippen molar-refractivity contribution in [2.75, 3.05) is 0 Å². The quantitative estimate of drug-likeness (QED) is 0.225. The van der Waals surface area contributed by atoms with Crippen molar-refractivity contribution in [1.82, 2.24) is 9.40 Å². The highest BCUT2D eigenvalue weighted by molar-refractivity contribution is 7.90. The van der Waals surface area contributed by atoms with Crippen LogP contribution in [0.1, 0.15) is 22.8 Å². The molecule has 0 saturated heterocycles. The molecule has 1 amide bonds. The van der Waals surface area contributed by atoms with Crippen LogP contribution in [0.2, 0.25) is 0 Å². The Balaban J connectivity index is 1.70. The molecule has 0 bridgehead atoms. The molecule has 13 heteroatoms. The van der Waals surface area contributed by atoms with Crippen molar-refractivity contribution in [3.8, 4) is 0 Å². The van der Waals surface area contributed by atoms with Gasteiger partial charge in [0.25, 0.3) is 27.3 Å². The average molecular weight is 507 g/mol. The molecule has 0 atom stereocenters. The predicted molar refractivity (Wildman–Crippen MR) is 130 cm³/mol. The summed E-state index contributed by atoms with van der Waals surface area (Å²) in [6.45, 7) is 1.57. The lowest BCUT2D eigenvalue weighted by molar-refractivity contribution is -0.385. The number of hydrogen-bond acceptors (Lipinski definition) is 8. The Morgan fingerprint density at radius 1 is 0.917 bits per heavy atom. The Hall–Kier alpha value is -4.91. The van der Waals surface area contributed by atoms with Crippen LogP contribution >= 0.6 is 0 Å². The minimum absolute atomic E-state index is 0.146. The predicted octanol–water partition coefficient (Wildman–Crippen LogP) is 3.85. The van der Waals surface area contributed by atoms with Gasteiger partial charge in [0.15, 0.2) is 0 Å². The molecule has 0 aliphatic rings. The number of nitro benzene ring substituents is 2. The van der Waals surface area contributed by atoms with Crippen LogP contribution in [0.25, 0.3) is 10.9 Å². The molecular formula is C23H17N5O7S. The number of non-ortho nitro benzene ring substituents is 2. The molecule has 4 aromatic rings. The van der Waals surface area contributed by atoms with Gasteiger partial charge in [-0.15, -0.1) is 0 Å². The number of rotatable bonds is 7. The number of benzene rings is 3. The highest BCUT2D eigenvalue weighted by atomic mass is 32.2. The maximum Gasteiger partial charge on any atom is 0.271 e. The lowest BCUT2D eigenvalue weighted by Gasteiger charge is -2.07. The lowest BCUT2D eigenvalue weighted by Crippen LogP contribution is -2.19. The number of hydrogen-bond donors (Lipinski definition) is 1. The van der Waals surface area contributed by atoms with Gasteiger partial charge in [0.2, 0.25) is 0 Å². The molecule has 0 unspecified atom stereocenters. The SMILES string of the molecule is C/C(=N\NC(=O)c1ccc([N+](=O)[O-])cc1)c1cn(S(=O)(=O)c2cccc([N+](=O)[O-])c2)c2ccccc12. The first-order valence-electron chi connectivity index (χ1n) is 10.3. The normalized spacial score (nSPS) is 11.9. The smallest absolute Gasteiger partial charge is 0.267 e. The van der Waals surface area contributed by atoms with Crippen LogP contribution in [-0.4, -0.2) is 33.9 Å². The van der Waals surface area contributed by atoms with Gasteiger partial charge in [0, 0.05) is 47.0 Å². The molecule has 3 aromatic carbocycles. The fraction of sp³-hybridized carbons (Fsp3) is 0.0435. The molecule has 0 fully saturated rings. The maximum atomic E-state index is 13.4. The molecular weight excluding hydrogens is 490 g/mol. The molecule has 0 radical (unpaired) electrons. The third-order valence-electron chi connectivity index (χ3n) is 5.32. The van der Waals surface area contributed by atoms with Gasteiger partial charge >= 0.3 is 0 Å². The summed E-state index contributed by atoms with van der Waals surface area (Å²) in [6.07, 6.45) is 1.33. The highest BCUT2D eigenvalue weighted by Crippen LogP contribution is 2.28. The minimum Gasteiger partial charge on any atom is -0.267 e. The third-order valence-corrected chi connectivity index (χ3v) is 6.99. The Morgan fingerprint density at radius 2 is 1.58 bits per heavy atom. The molecule has 4 rings (SSSR count). The molecule has 0 aliphatic carbocycles. The number of nitrogens with zero attached hydrogens (tertiary/aromatic N) is 4. The van der Waals surface area contributed by atoms with Crippen LogP contribution in [0.3, 0.4) is 0 Å². The van der Waals surface area contributed by atoms with E-state index in [9.17, 15) is 33.4 Å². The zero-order valence-corrected chi connectivity index (χ0v) is 19.4. The first-order valence-corrected chi connectivity index (χ1v) is 11.7. The Labute approximate surface area is 203 Å². The van der Waals surface area contributed by atoms with E-state index in [1.54, 1.807) is 31.2 Å². The molecule has 1 N–H and O–H groups in total. The molecule has 0 aliphatic heterocycles. The molecule has 12 nitrogen and oxygen atoms in total. The zero-order chi connectivity index (χ0) is 26.0. The van der Waals surface area contributed by atoms with E-state index >= 15 is 0 Å². The summed E-state index contributed by atoms with van der Waals surface area (Å²) in [4.78, 5) is 32.8. The number of carbonyl (C=O) groups excluding carboxylic acids is 1. The number of hydrazone groups is 1. The number of carbonyl (C=O) groups is 1. The summed E-state index contributed by atoms with van der Waals surface area (Å²) in [6, 6.07) is 16.3. The summed E-state index contributed by atoms with van der Waals surface area (Å²) in [7, 11) is -4.20. The van der Waals surface area contributed by atoms with Crippen molar-refractivity contribution in [2.45, 2.75) is 11.8 Å². The van der Waals surface area contributed by atoms with Gasteiger partial charge in [-0.1, -0.05) is 24.3 Å². The second-order valence-corrected chi connectivity index (χ2v) is 9.37. The van der Waals surface area contributed by atoms with Gasteiger partial charge < -0.3 is 0 Å². The fourth-order valence-electron chi connectivity index (χ4n) is 3.50. The standard InChI is InChI=1S/C23H17N5O7S/c1-15(24-25-23(29)16-9-11-17(12-10-16)27(30)31)21-14-26(22-8-3-2-7-20(21)22)36(34,35)19-6-4-5-18(13-19)28(32)33/h2-14H,1H3,(H,25,29)/b24-15+. The van der Waals surface area contributed by atoms with E-state index in [0.29, 0.717) is 16.5 Å². The van der Waals surface area contributed by atoms with Gasteiger partial charge in [-0.3, -0.25) is 25.0 Å². The monoisotopic (exact) mass is 507 g/mol. The largest absolute Gasteiger partial charge is 0.271 e. The summed E-state index contributed by atoms with van der Waals surface area (Å²) in [5.74, 6) is -0.614. The van der Waals surface area contributed by atoms with Crippen molar-refractivity contribution in [2.24, 2.45) is 5.10 Å². The summed E-state index contributed by atoms with van der Waals surface area (Å²) >= 11 is 0. The fourth-order valence-corrected chi connectivity index (χ4v) is 4.91. The number of amides is 1. The molecule has 182 valence electrons. The van der Waals surface area contributed by atoms with E-state index in [1.165, 1.54) is 48.7 Å². The lowest BCUT2D eigenvalue weighted by atomic mass is 10.1. The van der Waals surface area contributed by atoms with E-state index in [2.05, 4.69) is 10.5 Å². The molecule has 0 spiro atoms. The van der Waals surface area contributed by atoms with Crippen LogP contribution in [0.5, 0.6) is 0 Å². The molecule has 1 heterocycles. The van der Waals surface area contributed by atoms with E-state index < -0.39 is 25.8 Å². The van der Waals surface area contributed by atoms with Gasteiger partial charge in [-0.25, -0.2) is 17.8 Å². The van der Waals surface area contributed by atoms with Crippen LogP contribution in [-0.2, 0) is 10.0 Å². The topological polar surface area (TPSA) is 167 Å². The van der Waals surface area contributed by atoms with Crippen LogP contribution in [0.4, 0.5) is 11.4 Å². The second kappa shape index (κ2) is 9.38. The first kappa shape index (κ1) is 24.2. The van der Waals surface area contributed by atoms with Crippen molar-refractivity contribution in [1.29, 1.82) is 0 Å². The number of nitrogens with one attached hydrogen (secondary N) is 1. The Bertz CT molecular complexity index is 1660. The van der Waals surface area contributed by atoms with Crippen molar-refractivity contribution >= 4 is 43.9 Å². The summed E-state index contributed by atoms with van der Waals surface area (Å²) in [5.41, 5.74) is 2.98. The molecule has 1 aromatic heterocycles. The van der Waals surface area contributed by atoms with Crippen molar-refractivity contribution in [3.05, 3.63) is 110 Å². The van der Waals surface area contributed by atoms with Crippen molar-refractivity contribution < 1.29 is 23.1 Å². The van der Waals surface area contributed by atoms with Crippen LogP contribution < -0.4 is 5.43 Å². The van der Waals surface area contributed by atoms with E-state index in [-0.39, 0.29) is 27.5 Å². The minimum atomic E-state index is -4.20. The molecule has 0 saturated carbocycles. The van der Waals surface area contributed by atoms with Gasteiger partial charge in [0.05, 0.1) is 26.0 Å². The van der Waals surface area contributed by atoms with Gasteiger partial charge in [-0.2, -0.15) is 5.10 Å². The van der Waals surface area contributed by atoms with Gasteiger partial charge in [0.1, 0.15) is 0 Å². The zero-order valence-electron chi connectivity index (χ0n) is 18.6. The van der Waals surface area contributed by atoms with E-state index in [0.717, 1.165) is 10.0 Å². The first-order chi connectivity index (χ1) is 17.1. The average Bonchev–Trinajstić information content (AvgIpc) is 3.28. The highest BCUT2D eigenvalue weighted by Gasteiger charge is 2.24. The number of para-hydroxylation sites is 1. The molecule has 36 heavy (non-hydrogen) atoms. The van der Waals surface area contributed by atoms with Gasteiger partial charge in [-0.05, 0) is 31.2 Å². The van der Waals surface area contributed by atoms with Crippen LogP contribution in [0, 0.1) is 20.2 Å². The number of aromatic nitrogens is 1. The van der Waals surface area contributed by atoms with Crippen LogP contribution in [0.15, 0.2) is 89.0 Å². The third kappa shape index (κ3) is 4.54. The Kier molecular flexibility index (Phi) is 6.31. The Morgan fingerprint density at radius 3 is 2.25 bits per heavy atom. The summed E-state index contributed by atoms with van der Waals surface area (Å²) in [5, 5.41) is 26.5. The number of nitro groups is 2. The van der Waals surface area contributed by atoms with E-state index in [1.807, 2.05) is 0 Å². The number of fused-ring (bicyclic) bond motifs is 1. The maximum absolute atomic E-state index is 13.4.